The van der Waals surface area contributed by atoms with E-state index in [1.54, 1.807) is 11.6 Å². The van der Waals surface area contributed by atoms with Crippen LogP contribution in [0.3, 0.4) is 0 Å². The molecule has 45 heavy (non-hydrogen) atoms. The molecular formula is C42H56O3. The van der Waals surface area contributed by atoms with E-state index in [0.717, 1.165) is 55.4 Å². The molecule has 0 heterocycles. The van der Waals surface area contributed by atoms with E-state index in [-0.39, 0.29) is 28.5 Å². The maximum atomic E-state index is 12.8. The highest BCUT2D eigenvalue weighted by Gasteiger charge is 2.60. The van der Waals surface area contributed by atoms with Gasteiger partial charge < -0.3 is 5.11 Å². The SMILES string of the molecule is C=C=C1CCC2C3CC(=O)C4=CC(=O)CCC4(C)C3CCC12C.C=C=C1CCC2C3CC=C4C[C@@H](O)CCC4(C)C3CCC12C. The molecule has 1 N–H and O–H groups in total. The molecule has 10 unspecified atom stereocenters. The summed E-state index contributed by atoms with van der Waals surface area (Å²) < 4.78 is 0. The van der Waals surface area contributed by atoms with Crippen molar-refractivity contribution in [1.82, 2.24) is 0 Å². The van der Waals surface area contributed by atoms with E-state index in [4.69, 9.17) is 0 Å². The molecular weight excluding hydrogens is 552 g/mol. The van der Waals surface area contributed by atoms with Gasteiger partial charge in [0, 0.05) is 18.4 Å². The molecule has 3 nitrogen and oxygen atoms in total. The van der Waals surface area contributed by atoms with Gasteiger partial charge in [-0.1, -0.05) is 52.5 Å². The van der Waals surface area contributed by atoms with Gasteiger partial charge in [-0.2, -0.15) is 0 Å². The summed E-state index contributed by atoms with van der Waals surface area (Å²) in [5.41, 5.74) is 12.7. The summed E-state index contributed by atoms with van der Waals surface area (Å²) in [6.07, 6.45) is 20.4. The number of ketones is 2. The zero-order valence-corrected chi connectivity index (χ0v) is 28.5. The van der Waals surface area contributed by atoms with Crippen LogP contribution in [0, 0.1) is 57.2 Å². The molecule has 242 valence electrons. The molecule has 11 atom stereocenters. The van der Waals surface area contributed by atoms with Gasteiger partial charge in [-0.15, -0.1) is 11.5 Å². The lowest BCUT2D eigenvalue weighted by Crippen LogP contribution is -2.52. The lowest BCUT2D eigenvalue weighted by molar-refractivity contribution is -0.129. The first-order chi connectivity index (χ1) is 21.4. The first-order valence-electron chi connectivity index (χ1n) is 18.3. The molecule has 0 aromatic heterocycles. The fourth-order valence-electron chi connectivity index (χ4n) is 13.2. The standard InChI is InChI=1S/C21H26O2.C21H30O/c1-4-13-5-6-16-15-12-19(23)18-11-14(22)7-9-21(18,3)17(15)8-10-20(13,16)2;1-4-14-6-8-18-17-7-5-15-13-16(22)9-11-21(15,3)19(17)10-12-20(14,18)2/h11,15-17H,1,5-10,12H2,2-3H3;5,16-19,22H,1,6-13H2,2-3H3/t;16-,17?,18?,19?,20?,21?/m.0/s1. The van der Waals surface area contributed by atoms with Crippen LogP contribution in [-0.2, 0) is 9.59 Å². The van der Waals surface area contributed by atoms with Crippen molar-refractivity contribution in [3.63, 3.8) is 0 Å². The van der Waals surface area contributed by atoms with Crippen molar-refractivity contribution in [2.45, 2.75) is 130 Å². The van der Waals surface area contributed by atoms with E-state index in [2.05, 4.69) is 58.4 Å². The van der Waals surface area contributed by atoms with Gasteiger partial charge in [-0.05, 0) is 158 Å². The number of allylic oxidation sites excluding steroid dienone is 4. The molecule has 0 saturated heterocycles. The monoisotopic (exact) mass is 608 g/mol. The molecule has 0 aromatic carbocycles. The minimum atomic E-state index is -0.0912. The minimum absolute atomic E-state index is 0.0735. The Bertz CT molecular complexity index is 1460. The lowest BCUT2D eigenvalue weighted by atomic mass is 9.47. The Morgan fingerprint density at radius 1 is 0.689 bits per heavy atom. The highest BCUT2D eigenvalue weighted by molar-refractivity contribution is 6.05. The van der Waals surface area contributed by atoms with Crippen LogP contribution in [-0.4, -0.2) is 22.8 Å². The molecule has 0 bridgehead atoms. The van der Waals surface area contributed by atoms with E-state index in [1.807, 2.05) is 0 Å². The highest BCUT2D eigenvalue weighted by Crippen LogP contribution is 2.67. The predicted octanol–water partition coefficient (Wildman–Crippen LogP) is 9.43. The Hall–Kier alpha value is -2.18. The quantitative estimate of drug-likeness (QED) is 0.220. The Balaban J connectivity index is 0.000000145. The van der Waals surface area contributed by atoms with Gasteiger partial charge in [0.2, 0.25) is 0 Å². The lowest BCUT2D eigenvalue weighted by Gasteiger charge is -2.57. The van der Waals surface area contributed by atoms with Crippen LogP contribution in [0.4, 0.5) is 0 Å². The summed E-state index contributed by atoms with van der Waals surface area (Å²) in [7, 11) is 0. The Morgan fingerprint density at radius 2 is 1.24 bits per heavy atom. The molecule has 8 aliphatic carbocycles. The number of aliphatic hydroxyl groups excluding tert-OH is 1. The Labute approximate surface area is 272 Å². The zero-order valence-electron chi connectivity index (χ0n) is 28.5. The van der Waals surface area contributed by atoms with Crippen LogP contribution in [0.25, 0.3) is 0 Å². The van der Waals surface area contributed by atoms with E-state index in [0.29, 0.717) is 41.4 Å². The van der Waals surface area contributed by atoms with Crippen LogP contribution in [0.5, 0.6) is 0 Å². The second kappa shape index (κ2) is 10.9. The predicted molar refractivity (Wildman–Crippen MR) is 180 cm³/mol. The fourth-order valence-corrected chi connectivity index (χ4v) is 13.2. The van der Waals surface area contributed by atoms with Gasteiger partial charge in [-0.3, -0.25) is 9.59 Å². The molecule has 0 aliphatic heterocycles. The summed E-state index contributed by atoms with van der Waals surface area (Å²) in [5.74, 6) is 4.51. The van der Waals surface area contributed by atoms with Crippen molar-refractivity contribution >= 4 is 11.6 Å². The van der Waals surface area contributed by atoms with E-state index in [1.165, 1.54) is 62.5 Å². The van der Waals surface area contributed by atoms with Gasteiger partial charge in [0.05, 0.1) is 6.10 Å². The normalized spacial score (nSPS) is 48.1. The summed E-state index contributed by atoms with van der Waals surface area (Å²) in [6.45, 7) is 17.5. The molecule has 6 saturated carbocycles. The first kappa shape index (κ1) is 31.4. The van der Waals surface area contributed by atoms with Crippen LogP contribution in [0.15, 0.2) is 59.1 Å². The van der Waals surface area contributed by atoms with Crippen molar-refractivity contribution in [2.75, 3.05) is 0 Å². The highest BCUT2D eigenvalue weighted by atomic mass is 16.3. The molecule has 3 heteroatoms. The smallest absolute Gasteiger partial charge is 0.159 e. The van der Waals surface area contributed by atoms with Crippen LogP contribution in [0.1, 0.15) is 124 Å². The summed E-state index contributed by atoms with van der Waals surface area (Å²) in [6, 6.07) is 0. The van der Waals surface area contributed by atoms with Gasteiger partial charge in [0.25, 0.3) is 0 Å². The fraction of sp³-hybridized carbons (Fsp3) is 0.714. The second-order valence-electron chi connectivity index (χ2n) is 17.4. The number of rotatable bonds is 0. The maximum Gasteiger partial charge on any atom is 0.159 e. The third-order valence-electron chi connectivity index (χ3n) is 15.9. The van der Waals surface area contributed by atoms with Crippen molar-refractivity contribution < 1.29 is 14.7 Å². The van der Waals surface area contributed by atoms with Crippen LogP contribution < -0.4 is 0 Å². The second-order valence-corrected chi connectivity index (χ2v) is 17.4. The topological polar surface area (TPSA) is 54.4 Å². The van der Waals surface area contributed by atoms with Crippen LogP contribution >= 0.6 is 0 Å². The van der Waals surface area contributed by atoms with Gasteiger partial charge >= 0.3 is 0 Å². The van der Waals surface area contributed by atoms with Crippen molar-refractivity contribution in [3.8, 4) is 0 Å². The summed E-state index contributed by atoms with van der Waals surface area (Å²) in [5, 5.41) is 10.1. The third kappa shape index (κ3) is 4.54. The van der Waals surface area contributed by atoms with E-state index in [9.17, 15) is 14.7 Å². The number of carbonyl (C=O) groups is 2. The van der Waals surface area contributed by atoms with Crippen molar-refractivity contribution in [3.05, 3.63) is 59.1 Å². The molecule has 8 rings (SSSR count). The molecule has 0 spiro atoms. The third-order valence-corrected chi connectivity index (χ3v) is 15.9. The zero-order chi connectivity index (χ0) is 31.9. The number of carbonyl (C=O) groups excluding carboxylic acids is 2. The van der Waals surface area contributed by atoms with Crippen LogP contribution in [0.2, 0.25) is 0 Å². The number of aliphatic hydroxyl groups is 1. The van der Waals surface area contributed by atoms with Crippen molar-refractivity contribution in [2.24, 2.45) is 57.2 Å². The molecule has 6 fully saturated rings. The summed E-state index contributed by atoms with van der Waals surface area (Å²) in [4.78, 5) is 24.7. The van der Waals surface area contributed by atoms with Gasteiger partial charge in [-0.25, -0.2) is 0 Å². The molecule has 0 aromatic rings. The Morgan fingerprint density at radius 3 is 1.87 bits per heavy atom. The maximum absolute atomic E-state index is 12.8. The average Bonchev–Trinajstić information content (AvgIpc) is 3.54. The van der Waals surface area contributed by atoms with Gasteiger partial charge in [0.15, 0.2) is 11.6 Å². The number of fused-ring (bicyclic) bond motifs is 10. The van der Waals surface area contributed by atoms with E-state index >= 15 is 0 Å². The molecule has 8 aliphatic rings. The first-order valence-corrected chi connectivity index (χ1v) is 18.3. The summed E-state index contributed by atoms with van der Waals surface area (Å²) >= 11 is 0. The largest absolute Gasteiger partial charge is 0.393 e. The Kier molecular flexibility index (Phi) is 7.64. The molecule has 0 radical (unpaired) electrons. The molecule has 0 amide bonds. The van der Waals surface area contributed by atoms with E-state index < -0.39 is 0 Å². The number of hydrogen-bond donors (Lipinski definition) is 1. The minimum Gasteiger partial charge on any atom is -0.393 e. The average molecular weight is 609 g/mol. The number of hydrogen-bond acceptors (Lipinski definition) is 3. The van der Waals surface area contributed by atoms with Gasteiger partial charge in [0.1, 0.15) is 0 Å². The van der Waals surface area contributed by atoms with Crippen molar-refractivity contribution in [1.29, 1.82) is 0 Å². The number of Topliss-reactive ketones (excluding diaryl/α,β-unsaturated/α-hetero) is 1.